The summed E-state index contributed by atoms with van der Waals surface area (Å²) >= 11 is 3.26. The molecular formula is C6H9BrO. The van der Waals surface area contributed by atoms with Crippen molar-refractivity contribution in [1.82, 2.24) is 0 Å². The monoisotopic (exact) mass is 176 g/mol. The van der Waals surface area contributed by atoms with Gasteiger partial charge in [0.2, 0.25) is 0 Å². The Hall–Kier alpha value is -0.240. The summed E-state index contributed by atoms with van der Waals surface area (Å²) in [5, 5.41) is 0. The van der Waals surface area contributed by atoms with E-state index >= 15 is 0 Å². The summed E-state index contributed by atoms with van der Waals surface area (Å²) in [4.78, 5) is 0. The van der Waals surface area contributed by atoms with Crippen molar-refractivity contribution in [2.75, 3.05) is 7.11 Å². The number of hydrogen-bond donors (Lipinski definition) is 0. The van der Waals surface area contributed by atoms with E-state index in [4.69, 9.17) is 0 Å². The van der Waals surface area contributed by atoms with Crippen LogP contribution < -0.4 is 0 Å². The Bertz CT molecular complexity index is 101. The largest absolute Gasteiger partial charge is 0.504 e. The van der Waals surface area contributed by atoms with E-state index in [0.717, 1.165) is 4.48 Å². The minimum atomic E-state index is 1.09. The smallest absolute Gasteiger partial charge is 0.0824 e. The maximum Gasteiger partial charge on any atom is 0.0824 e. The maximum atomic E-state index is 4.65. The zero-order valence-electron chi connectivity index (χ0n) is 5.02. The van der Waals surface area contributed by atoms with Crippen molar-refractivity contribution >= 4 is 15.9 Å². The van der Waals surface area contributed by atoms with Crippen LogP contribution in [0.25, 0.3) is 0 Å². The lowest BCUT2D eigenvalue weighted by Gasteiger charge is -1.81. The minimum absolute atomic E-state index is 1.09. The molecule has 0 bridgehead atoms. The third kappa shape index (κ3) is 5.76. The van der Waals surface area contributed by atoms with Crippen LogP contribution in [-0.2, 0) is 4.74 Å². The summed E-state index contributed by atoms with van der Waals surface area (Å²) in [7, 11) is 1.62. The first-order valence-electron chi connectivity index (χ1n) is 2.29. The van der Waals surface area contributed by atoms with Gasteiger partial charge in [0.05, 0.1) is 13.4 Å². The zero-order chi connectivity index (χ0) is 6.41. The summed E-state index contributed by atoms with van der Waals surface area (Å²) < 4.78 is 5.73. The first-order valence-corrected chi connectivity index (χ1v) is 3.08. The maximum absolute atomic E-state index is 4.65. The molecule has 1 nitrogen and oxygen atoms in total. The number of hydrogen-bond acceptors (Lipinski definition) is 1. The molecule has 0 heterocycles. The molecule has 0 saturated heterocycles. The molecule has 0 aromatic rings. The lowest BCUT2D eigenvalue weighted by atomic mass is 10.5. The highest BCUT2D eigenvalue weighted by atomic mass is 79.9. The van der Waals surface area contributed by atoms with E-state index in [9.17, 15) is 0 Å². The number of halogens is 1. The van der Waals surface area contributed by atoms with E-state index in [1.807, 2.05) is 19.1 Å². The van der Waals surface area contributed by atoms with Gasteiger partial charge in [0.1, 0.15) is 0 Å². The third-order valence-electron chi connectivity index (χ3n) is 0.541. The van der Waals surface area contributed by atoms with Crippen molar-refractivity contribution < 1.29 is 4.74 Å². The summed E-state index contributed by atoms with van der Waals surface area (Å²) in [6.45, 7) is 1.96. The van der Waals surface area contributed by atoms with Gasteiger partial charge >= 0.3 is 0 Å². The van der Waals surface area contributed by atoms with Crippen LogP contribution in [0.1, 0.15) is 6.92 Å². The standard InChI is InChI=1S/C6H9BrO/c1-6(7)4-3-5-8-2/h3-5H,1-2H3/b5-3+,6-4-. The Kier molecular flexibility index (Phi) is 4.76. The minimum Gasteiger partial charge on any atom is -0.504 e. The van der Waals surface area contributed by atoms with Crippen molar-refractivity contribution in [3.05, 3.63) is 22.9 Å². The fourth-order valence-corrected chi connectivity index (χ4v) is 0.403. The van der Waals surface area contributed by atoms with Crippen LogP contribution in [0.2, 0.25) is 0 Å². The molecule has 0 atom stereocenters. The van der Waals surface area contributed by atoms with Gasteiger partial charge in [-0.15, -0.1) is 0 Å². The van der Waals surface area contributed by atoms with Gasteiger partial charge in [-0.2, -0.15) is 0 Å². The molecule has 0 aromatic heterocycles. The molecule has 0 N–H and O–H groups in total. The molecule has 0 aliphatic rings. The van der Waals surface area contributed by atoms with Crippen LogP contribution in [-0.4, -0.2) is 7.11 Å². The average molecular weight is 177 g/mol. The molecule has 0 spiro atoms. The van der Waals surface area contributed by atoms with Gasteiger partial charge in [0.15, 0.2) is 0 Å². The topological polar surface area (TPSA) is 9.23 Å². The number of ether oxygens (including phenoxy) is 1. The molecule has 2 heteroatoms. The molecular weight excluding hydrogens is 168 g/mol. The van der Waals surface area contributed by atoms with E-state index in [1.54, 1.807) is 13.4 Å². The lowest BCUT2D eigenvalue weighted by molar-refractivity contribution is 0.338. The molecule has 8 heavy (non-hydrogen) atoms. The fourth-order valence-electron chi connectivity index (χ4n) is 0.250. The van der Waals surface area contributed by atoms with Crippen LogP contribution in [0.5, 0.6) is 0 Å². The van der Waals surface area contributed by atoms with Crippen molar-refractivity contribution in [2.24, 2.45) is 0 Å². The molecule has 0 fully saturated rings. The summed E-state index contributed by atoms with van der Waals surface area (Å²) in [6.07, 6.45) is 5.35. The van der Waals surface area contributed by atoms with Crippen molar-refractivity contribution in [3.63, 3.8) is 0 Å². The number of allylic oxidation sites excluding steroid dienone is 3. The Morgan fingerprint density at radius 2 is 2.25 bits per heavy atom. The number of methoxy groups -OCH3 is 1. The van der Waals surface area contributed by atoms with Crippen LogP contribution in [0.15, 0.2) is 22.9 Å². The van der Waals surface area contributed by atoms with Gasteiger partial charge in [-0.3, -0.25) is 0 Å². The second-order valence-corrected chi connectivity index (χ2v) is 2.57. The Balaban J connectivity index is 3.42. The number of rotatable bonds is 2. The highest BCUT2D eigenvalue weighted by molar-refractivity contribution is 9.11. The van der Waals surface area contributed by atoms with E-state index in [1.165, 1.54) is 0 Å². The van der Waals surface area contributed by atoms with E-state index in [-0.39, 0.29) is 0 Å². The van der Waals surface area contributed by atoms with Gasteiger partial charge in [0.25, 0.3) is 0 Å². The average Bonchev–Trinajstić information content (AvgIpc) is 1.66. The first-order chi connectivity index (χ1) is 3.77. The molecule has 0 aliphatic heterocycles. The normalized spacial score (nSPS) is 12.6. The second kappa shape index (κ2) is 4.91. The van der Waals surface area contributed by atoms with E-state index < -0.39 is 0 Å². The fraction of sp³-hybridized carbons (Fsp3) is 0.333. The quantitative estimate of drug-likeness (QED) is 0.465. The predicted octanol–water partition coefficient (Wildman–Crippen LogP) is 2.45. The zero-order valence-corrected chi connectivity index (χ0v) is 6.60. The van der Waals surface area contributed by atoms with Crippen molar-refractivity contribution in [3.8, 4) is 0 Å². The molecule has 0 rings (SSSR count). The molecule has 0 amide bonds. The molecule has 0 saturated carbocycles. The first kappa shape index (κ1) is 7.76. The SMILES string of the molecule is CO/C=C/C=C(/C)Br. The molecule has 0 unspecified atom stereocenters. The predicted molar refractivity (Wildman–Crippen MR) is 38.8 cm³/mol. The van der Waals surface area contributed by atoms with E-state index in [2.05, 4.69) is 20.7 Å². The van der Waals surface area contributed by atoms with Gasteiger partial charge in [-0.05, 0) is 23.6 Å². The second-order valence-electron chi connectivity index (χ2n) is 1.32. The third-order valence-corrected chi connectivity index (χ3v) is 0.805. The molecule has 46 valence electrons. The molecule has 0 aromatic carbocycles. The molecule has 0 aliphatic carbocycles. The Morgan fingerprint density at radius 3 is 2.62 bits per heavy atom. The van der Waals surface area contributed by atoms with E-state index in [0.29, 0.717) is 0 Å². The van der Waals surface area contributed by atoms with Crippen molar-refractivity contribution in [2.45, 2.75) is 6.92 Å². The van der Waals surface area contributed by atoms with Gasteiger partial charge < -0.3 is 4.74 Å². The summed E-state index contributed by atoms with van der Waals surface area (Å²) in [5.41, 5.74) is 0. The van der Waals surface area contributed by atoms with Crippen molar-refractivity contribution in [1.29, 1.82) is 0 Å². The van der Waals surface area contributed by atoms with Crippen LogP contribution >= 0.6 is 15.9 Å². The highest BCUT2D eigenvalue weighted by Gasteiger charge is 1.70. The summed E-state index contributed by atoms with van der Waals surface area (Å²) in [5.74, 6) is 0. The summed E-state index contributed by atoms with van der Waals surface area (Å²) in [6, 6.07) is 0. The van der Waals surface area contributed by atoms with Crippen LogP contribution in [0.3, 0.4) is 0 Å². The molecule has 0 radical (unpaired) electrons. The Labute approximate surface area is 58.2 Å². The van der Waals surface area contributed by atoms with Gasteiger partial charge in [-0.1, -0.05) is 15.9 Å². The van der Waals surface area contributed by atoms with Crippen LogP contribution in [0.4, 0.5) is 0 Å². The van der Waals surface area contributed by atoms with Gasteiger partial charge in [-0.25, -0.2) is 0 Å². The van der Waals surface area contributed by atoms with Gasteiger partial charge in [0, 0.05) is 0 Å². The Morgan fingerprint density at radius 1 is 1.62 bits per heavy atom. The highest BCUT2D eigenvalue weighted by Crippen LogP contribution is 2.00. The lowest BCUT2D eigenvalue weighted by Crippen LogP contribution is -1.61. The van der Waals surface area contributed by atoms with Crippen LogP contribution in [0, 0.1) is 0 Å².